The van der Waals surface area contributed by atoms with Crippen molar-refractivity contribution in [1.82, 2.24) is 20.5 Å². The van der Waals surface area contributed by atoms with Crippen LogP contribution in [0.25, 0.3) is 0 Å². The third-order valence-corrected chi connectivity index (χ3v) is 5.78. The summed E-state index contributed by atoms with van der Waals surface area (Å²) in [7, 11) is 0. The number of hydrogen-bond donors (Lipinski definition) is 2. The van der Waals surface area contributed by atoms with Crippen LogP contribution in [-0.2, 0) is 11.3 Å². The van der Waals surface area contributed by atoms with Gasteiger partial charge in [-0.05, 0) is 38.1 Å². The van der Waals surface area contributed by atoms with Crippen LogP contribution in [-0.4, -0.2) is 61.0 Å². The molecule has 0 spiro atoms. The van der Waals surface area contributed by atoms with Gasteiger partial charge in [0.15, 0.2) is 5.96 Å². The maximum absolute atomic E-state index is 12.6. The van der Waals surface area contributed by atoms with E-state index in [1.807, 2.05) is 49.2 Å². The van der Waals surface area contributed by atoms with Crippen molar-refractivity contribution in [3.63, 3.8) is 0 Å². The Morgan fingerprint density at radius 1 is 1.21 bits per heavy atom. The fourth-order valence-electron chi connectivity index (χ4n) is 3.10. The summed E-state index contributed by atoms with van der Waals surface area (Å²) in [5, 5.41) is 8.15. The van der Waals surface area contributed by atoms with Crippen molar-refractivity contribution >= 4 is 40.5 Å². The zero-order chi connectivity index (χ0) is 20.6. The highest BCUT2D eigenvalue weighted by Gasteiger charge is 2.21. The average molecular weight is 435 g/mol. The van der Waals surface area contributed by atoms with Crippen LogP contribution in [0, 0.1) is 6.92 Å². The molecule has 0 atom stereocenters. The molecule has 0 bridgehead atoms. The predicted octanol–water partition coefficient (Wildman–Crippen LogP) is 2.51. The number of hydrogen-bond acceptors (Lipinski definition) is 5. The minimum absolute atomic E-state index is 0.0445. The van der Waals surface area contributed by atoms with Crippen LogP contribution in [0.15, 0.2) is 35.5 Å². The molecule has 1 amide bonds. The summed E-state index contributed by atoms with van der Waals surface area (Å²) >= 11 is 7.61. The number of carbonyl (C=O) groups is 1. The summed E-state index contributed by atoms with van der Waals surface area (Å²) in [6.45, 7) is 8.49. The number of rotatable bonds is 6. The summed E-state index contributed by atoms with van der Waals surface area (Å²) in [6, 6.07) is 7.82. The van der Waals surface area contributed by atoms with Gasteiger partial charge in [-0.2, -0.15) is 0 Å². The number of nitrogens with zero attached hydrogens (tertiary/aromatic N) is 4. The lowest BCUT2D eigenvalue weighted by atomic mass is 10.2. The van der Waals surface area contributed by atoms with Crippen molar-refractivity contribution in [2.24, 2.45) is 4.99 Å². The lowest BCUT2D eigenvalue weighted by Crippen LogP contribution is -2.49. The van der Waals surface area contributed by atoms with E-state index in [0.717, 1.165) is 35.4 Å². The van der Waals surface area contributed by atoms with E-state index in [0.29, 0.717) is 25.6 Å². The SMILES string of the molecule is CCNC(=NCC(=O)N1CCN(c2ccc(Cl)cc2)CC1)NCc1ncc(C)s1. The predicted molar refractivity (Wildman–Crippen MR) is 120 cm³/mol. The summed E-state index contributed by atoms with van der Waals surface area (Å²) in [4.78, 5) is 26.7. The number of carbonyl (C=O) groups excluding carboxylic acids is 1. The fraction of sp³-hybridized carbons (Fsp3) is 0.450. The van der Waals surface area contributed by atoms with Gasteiger partial charge in [0.1, 0.15) is 11.6 Å². The Hall–Kier alpha value is -2.32. The molecule has 2 aromatic rings. The van der Waals surface area contributed by atoms with Crippen molar-refractivity contribution < 1.29 is 4.79 Å². The van der Waals surface area contributed by atoms with E-state index in [1.165, 1.54) is 4.88 Å². The zero-order valence-corrected chi connectivity index (χ0v) is 18.4. The lowest BCUT2D eigenvalue weighted by Gasteiger charge is -2.36. The van der Waals surface area contributed by atoms with Crippen molar-refractivity contribution in [3.05, 3.63) is 45.4 Å². The molecular formula is C20H27ClN6OS. The molecule has 2 heterocycles. The first-order chi connectivity index (χ1) is 14.0. The van der Waals surface area contributed by atoms with Gasteiger partial charge in [0.2, 0.25) is 5.91 Å². The standard InChI is InChI=1S/C20H27ClN6OS/c1-3-22-20(24-13-18-23-12-15(2)29-18)25-14-19(28)27-10-8-26(9-11-27)17-6-4-16(21)5-7-17/h4-7,12H,3,8-11,13-14H2,1-2H3,(H2,22,24,25). The first kappa shape index (κ1) is 21.4. The lowest BCUT2D eigenvalue weighted by molar-refractivity contribution is -0.129. The normalized spacial score (nSPS) is 14.8. The van der Waals surface area contributed by atoms with Gasteiger partial charge in [-0.15, -0.1) is 11.3 Å². The molecule has 156 valence electrons. The van der Waals surface area contributed by atoms with Gasteiger partial charge in [-0.1, -0.05) is 11.6 Å². The average Bonchev–Trinajstić information content (AvgIpc) is 3.15. The summed E-state index contributed by atoms with van der Waals surface area (Å²) in [5.74, 6) is 0.677. The van der Waals surface area contributed by atoms with Crippen LogP contribution in [0.3, 0.4) is 0 Å². The smallest absolute Gasteiger partial charge is 0.244 e. The molecule has 1 aliphatic heterocycles. The number of benzene rings is 1. The summed E-state index contributed by atoms with van der Waals surface area (Å²) in [6.07, 6.45) is 1.86. The highest BCUT2D eigenvalue weighted by atomic mass is 35.5. The number of aliphatic imine (C=N–C) groups is 1. The molecule has 1 saturated heterocycles. The topological polar surface area (TPSA) is 72.9 Å². The van der Waals surface area contributed by atoms with E-state index in [2.05, 4.69) is 25.5 Å². The van der Waals surface area contributed by atoms with Crippen LogP contribution in [0.4, 0.5) is 5.69 Å². The number of piperazine rings is 1. The minimum atomic E-state index is 0.0445. The van der Waals surface area contributed by atoms with E-state index in [1.54, 1.807) is 11.3 Å². The number of halogens is 1. The third kappa shape index (κ3) is 6.33. The number of anilines is 1. The molecule has 1 fully saturated rings. The molecule has 7 nitrogen and oxygen atoms in total. The van der Waals surface area contributed by atoms with Crippen molar-refractivity contribution in [2.45, 2.75) is 20.4 Å². The Kier molecular flexibility index (Phi) is 7.71. The quantitative estimate of drug-likeness (QED) is 0.540. The van der Waals surface area contributed by atoms with Gasteiger partial charge in [0.25, 0.3) is 0 Å². The van der Waals surface area contributed by atoms with Gasteiger partial charge in [0, 0.05) is 54.5 Å². The third-order valence-electron chi connectivity index (χ3n) is 4.62. The van der Waals surface area contributed by atoms with E-state index >= 15 is 0 Å². The monoisotopic (exact) mass is 434 g/mol. The molecule has 9 heteroatoms. The van der Waals surface area contributed by atoms with Crippen molar-refractivity contribution in [2.75, 3.05) is 44.2 Å². The zero-order valence-electron chi connectivity index (χ0n) is 16.8. The van der Waals surface area contributed by atoms with E-state index < -0.39 is 0 Å². The molecule has 0 radical (unpaired) electrons. The molecule has 0 saturated carbocycles. The van der Waals surface area contributed by atoms with Crippen LogP contribution < -0.4 is 15.5 Å². The van der Waals surface area contributed by atoms with Crippen molar-refractivity contribution in [3.8, 4) is 0 Å². The van der Waals surface area contributed by atoms with E-state index in [4.69, 9.17) is 11.6 Å². The number of aromatic nitrogens is 1. The Balaban J connectivity index is 1.48. The van der Waals surface area contributed by atoms with Gasteiger partial charge in [0.05, 0.1) is 6.54 Å². The molecule has 1 aromatic carbocycles. The van der Waals surface area contributed by atoms with Gasteiger partial charge in [-0.25, -0.2) is 9.98 Å². The number of nitrogens with one attached hydrogen (secondary N) is 2. The first-order valence-corrected chi connectivity index (χ1v) is 11.0. The molecule has 1 aliphatic rings. The minimum Gasteiger partial charge on any atom is -0.368 e. The Morgan fingerprint density at radius 3 is 2.55 bits per heavy atom. The van der Waals surface area contributed by atoms with E-state index in [9.17, 15) is 4.79 Å². The number of aryl methyl sites for hydroxylation is 1. The van der Waals surface area contributed by atoms with Crippen LogP contribution >= 0.6 is 22.9 Å². The Labute approximate surface area is 180 Å². The fourth-order valence-corrected chi connectivity index (χ4v) is 3.95. The summed E-state index contributed by atoms with van der Waals surface area (Å²) < 4.78 is 0. The van der Waals surface area contributed by atoms with E-state index in [-0.39, 0.29) is 12.5 Å². The second kappa shape index (κ2) is 10.5. The second-order valence-electron chi connectivity index (χ2n) is 6.76. The Bertz CT molecular complexity index is 830. The maximum atomic E-state index is 12.6. The highest BCUT2D eigenvalue weighted by Crippen LogP contribution is 2.19. The van der Waals surface area contributed by atoms with Gasteiger partial charge >= 0.3 is 0 Å². The van der Waals surface area contributed by atoms with Crippen LogP contribution in [0.2, 0.25) is 5.02 Å². The Morgan fingerprint density at radius 2 is 1.93 bits per heavy atom. The second-order valence-corrected chi connectivity index (χ2v) is 8.51. The molecular weight excluding hydrogens is 408 g/mol. The largest absolute Gasteiger partial charge is 0.368 e. The highest BCUT2D eigenvalue weighted by molar-refractivity contribution is 7.11. The molecule has 3 rings (SSSR count). The molecule has 1 aromatic heterocycles. The van der Waals surface area contributed by atoms with Gasteiger partial charge in [-0.3, -0.25) is 4.79 Å². The molecule has 2 N–H and O–H groups in total. The molecule has 29 heavy (non-hydrogen) atoms. The van der Waals surface area contributed by atoms with Gasteiger partial charge < -0.3 is 20.4 Å². The van der Waals surface area contributed by atoms with Crippen LogP contribution in [0.5, 0.6) is 0 Å². The summed E-state index contributed by atoms with van der Waals surface area (Å²) in [5.41, 5.74) is 1.13. The number of amides is 1. The maximum Gasteiger partial charge on any atom is 0.244 e. The molecule has 0 aliphatic carbocycles. The number of thiazole rings is 1. The first-order valence-electron chi connectivity index (χ1n) is 9.77. The number of guanidine groups is 1. The van der Waals surface area contributed by atoms with Crippen LogP contribution in [0.1, 0.15) is 16.8 Å². The molecule has 0 unspecified atom stereocenters. The van der Waals surface area contributed by atoms with Crippen molar-refractivity contribution in [1.29, 1.82) is 0 Å².